The quantitative estimate of drug-likeness (QED) is 0.690. The molecule has 0 saturated heterocycles. The second-order valence-corrected chi connectivity index (χ2v) is 5.65. The predicted octanol–water partition coefficient (Wildman–Crippen LogP) is 3.78. The largest absolute Gasteiger partial charge is 0.462 e. The van der Waals surface area contributed by atoms with Gasteiger partial charge in [-0.25, -0.2) is 4.79 Å². The number of para-hydroxylation sites is 1. The number of ether oxygens (including phenoxy) is 1. The Morgan fingerprint density at radius 1 is 1.00 bits per heavy atom. The number of hydrogen-bond donors (Lipinski definition) is 0. The Morgan fingerprint density at radius 3 is 2.29 bits per heavy atom. The van der Waals surface area contributed by atoms with Crippen LogP contribution in [-0.2, 0) is 4.74 Å². The number of carbonyl (C=O) groups excluding carboxylic acids is 1. The van der Waals surface area contributed by atoms with Crippen molar-refractivity contribution in [3.8, 4) is 5.69 Å². The van der Waals surface area contributed by atoms with Crippen LogP contribution < -0.4 is 5.56 Å². The summed E-state index contributed by atoms with van der Waals surface area (Å²) in [7, 11) is 0. The van der Waals surface area contributed by atoms with Crippen LogP contribution in [0.5, 0.6) is 0 Å². The van der Waals surface area contributed by atoms with Crippen LogP contribution in [0.15, 0.2) is 53.3 Å². The summed E-state index contributed by atoms with van der Waals surface area (Å²) in [5, 5.41) is 1.14. The van der Waals surface area contributed by atoms with Crippen LogP contribution in [0.2, 0.25) is 0 Å². The van der Waals surface area contributed by atoms with Crippen molar-refractivity contribution >= 4 is 16.7 Å². The third kappa shape index (κ3) is 2.50. The molecular formula is C20H19NO3. The van der Waals surface area contributed by atoms with Gasteiger partial charge in [0.1, 0.15) is 0 Å². The van der Waals surface area contributed by atoms with Crippen LogP contribution in [0, 0.1) is 13.8 Å². The van der Waals surface area contributed by atoms with Crippen LogP contribution in [-0.4, -0.2) is 17.1 Å². The fraction of sp³-hybridized carbons (Fsp3) is 0.200. The van der Waals surface area contributed by atoms with Gasteiger partial charge in [-0.3, -0.25) is 9.36 Å². The Kier molecular flexibility index (Phi) is 4.21. The molecule has 2 aromatic carbocycles. The number of aromatic nitrogens is 1. The molecule has 0 saturated carbocycles. The molecule has 0 unspecified atom stereocenters. The van der Waals surface area contributed by atoms with Crippen molar-refractivity contribution in [2.75, 3.05) is 6.61 Å². The Bertz CT molecular complexity index is 986. The first-order valence-corrected chi connectivity index (χ1v) is 7.93. The van der Waals surface area contributed by atoms with Crippen molar-refractivity contribution in [1.29, 1.82) is 0 Å². The van der Waals surface area contributed by atoms with E-state index in [0.717, 1.165) is 11.3 Å². The van der Waals surface area contributed by atoms with E-state index < -0.39 is 5.97 Å². The normalized spacial score (nSPS) is 10.8. The van der Waals surface area contributed by atoms with Gasteiger partial charge in [-0.1, -0.05) is 36.4 Å². The lowest BCUT2D eigenvalue weighted by Crippen LogP contribution is -2.25. The first-order chi connectivity index (χ1) is 11.6. The van der Waals surface area contributed by atoms with Gasteiger partial charge in [0.2, 0.25) is 0 Å². The minimum absolute atomic E-state index is 0.134. The van der Waals surface area contributed by atoms with E-state index >= 15 is 0 Å². The topological polar surface area (TPSA) is 48.3 Å². The smallest absolute Gasteiger partial charge is 0.340 e. The summed E-state index contributed by atoms with van der Waals surface area (Å²) in [5.41, 5.74) is 2.64. The Balaban J connectivity index is 2.46. The van der Waals surface area contributed by atoms with Crippen molar-refractivity contribution in [3.63, 3.8) is 0 Å². The lowest BCUT2D eigenvalue weighted by atomic mass is 10.0. The fourth-order valence-corrected chi connectivity index (χ4v) is 3.03. The number of pyridine rings is 1. The van der Waals surface area contributed by atoms with Crippen LogP contribution >= 0.6 is 0 Å². The molecule has 3 aromatic rings. The van der Waals surface area contributed by atoms with Gasteiger partial charge in [0.05, 0.1) is 17.9 Å². The molecule has 1 heterocycles. The molecule has 0 spiro atoms. The zero-order chi connectivity index (χ0) is 17.3. The Hall–Kier alpha value is -2.88. The highest BCUT2D eigenvalue weighted by atomic mass is 16.5. The molecule has 24 heavy (non-hydrogen) atoms. The van der Waals surface area contributed by atoms with E-state index in [0.29, 0.717) is 22.0 Å². The van der Waals surface area contributed by atoms with Crippen molar-refractivity contribution < 1.29 is 9.53 Å². The van der Waals surface area contributed by atoms with Crippen molar-refractivity contribution in [1.82, 2.24) is 4.57 Å². The van der Waals surface area contributed by atoms with Gasteiger partial charge in [-0.15, -0.1) is 0 Å². The number of nitrogens with zero attached hydrogens (tertiary/aromatic N) is 1. The summed E-state index contributed by atoms with van der Waals surface area (Å²) in [6, 6.07) is 14.8. The van der Waals surface area contributed by atoms with E-state index in [-0.39, 0.29) is 12.2 Å². The van der Waals surface area contributed by atoms with Gasteiger partial charge in [0.25, 0.3) is 5.56 Å². The monoisotopic (exact) mass is 321 g/mol. The molecule has 4 heteroatoms. The summed E-state index contributed by atoms with van der Waals surface area (Å²) >= 11 is 0. The SMILES string of the molecule is CCOC(=O)c1c(C)n(-c2ccccc2C)c(=O)c2ccccc12. The summed E-state index contributed by atoms with van der Waals surface area (Å²) in [6.07, 6.45) is 0. The number of benzene rings is 2. The summed E-state index contributed by atoms with van der Waals surface area (Å²) < 4.78 is 6.82. The number of carbonyl (C=O) groups is 1. The highest BCUT2D eigenvalue weighted by molar-refractivity contribution is 6.05. The average molecular weight is 321 g/mol. The number of hydrogen-bond acceptors (Lipinski definition) is 3. The highest BCUT2D eigenvalue weighted by Crippen LogP contribution is 2.24. The zero-order valence-corrected chi connectivity index (χ0v) is 14.0. The third-order valence-corrected chi connectivity index (χ3v) is 4.16. The number of fused-ring (bicyclic) bond motifs is 1. The number of aryl methyl sites for hydroxylation is 1. The zero-order valence-electron chi connectivity index (χ0n) is 14.0. The first kappa shape index (κ1) is 16.0. The van der Waals surface area contributed by atoms with Gasteiger partial charge in [0.15, 0.2) is 0 Å². The average Bonchev–Trinajstić information content (AvgIpc) is 2.57. The summed E-state index contributed by atoms with van der Waals surface area (Å²) in [6.45, 7) is 5.79. The molecule has 0 amide bonds. The lowest BCUT2D eigenvalue weighted by Gasteiger charge is -2.17. The molecule has 4 nitrogen and oxygen atoms in total. The van der Waals surface area contributed by atoms with Gasteiger partial charge in [-0.05, 0) is 38.5 Å². The van der Waals surface area contributed by atoms with E-state index in [9.17, 15) is 9.59 Å². The van der Waals surface area contributed by atoms with Gasteiger partial charge in [-0.2, -0.15) is 0 Å². The van der Waals surface area contributed by atoms with Crippen LogP contribution in [0.25, 0.3) is 16.5 Å². The van der Waals surface area contributed by atoms with E-state index in [1.165, 1.54) is 0 Å². The Labute approximate surface area is 140 Å². The van der Waals surface area contributed by atoms with Crippen LogP contribution in [0.3, 0.4) is 0 Å². The molecular weight excluding hydrogens is 302 g/mol. The summed E-state index contributed by atoms with van der Waals surface area (Å²) in [5.74, 6) is -0.409. The van der Waals surface area contributed by atoms with Gasteiger partial charge < -0.3 is 4.74 Å². The van der Waals surface area contributed by atoms with Crippen molar-refractivity contribution in [2.45, 2.75) is 20.8 Å². The lowest BCUT2D eigenvalue weighted by molar-refractivity contribution is 0.0527. The molecule has 122 valence electrons. The fourth-order valence-electron chi connectivity index (χ4n) is 3.03. The number of rotatable bonds is 3. The maximum atomic E-state index is 13.0. The van der Waals surface area contributed by atoms with Crippen LogP contribution in [0.4, 0.5) is 0 Å². The molecule has 0 aliphatic heterocycles. The molecule has 1 aromatic heterocycles. The van der Waals surface area contributed by atoms with Crippen molar-refractivity contribution in [3.05, 3.63) is 75.7 Å². The molecule has 0 aliphatic carbocycles. The van der Waals surface area contributed by atoms with E-state index in [1.54, 1.807) is 36.6 Å². The molecule has 0 aliphatic rings. The highest BCUT2D eigenvalue weighted by Gasteiger charge is 2.21. The maximum absolute atomic E-state index is 13.0. The maximum Gasteiger partial charge on any atom is 0.340 e. The Morgan fingerprint density at radius 2 is 1.62 bits per heavy atom. The van der Waals surface area contributed by atoms with Gasteiger partial charge in [0, 0.05) is 16.5 Å². The van der Waals surface area contributed by atoms with Gasteiger partial charge >= 0.3 is 5.97 Å². The standard InChI is InChI=1S/C20H19NO3/c1-4-24-20(23)18-14(3)21(17-12-8-5-9-13(17)2)19(22)16-11-7-6-10-15(16)18/h5-12H,4H2,1-3H3. The first-order valence-electron chi connectivity index (χ1n) is 7.93. The molecule has 0 radical (unpaired) electrons. The van der Waals surface area contributed by atoms with Crippen LogP contribution in [0.1, 0.15) is 28.5 Å². The second kappa shape index (κ2) is 6.32. The molecule has 3 rings (SSSR count). The predicted molar refractivity (Wildman–Crippen MR) is 95.0 cm³/mol. The third-order valence-electron chi connectivity index (χ3n) is 4.16. The van der Waals surface area contributed by atoms with E-state index in [4.69, 9.17) is 4.74 Å². The van der Waals surface area contributed by atoms with Crippen molar-refractivity contribution in [2.24, 2.45) is 0 Å². The second-order valence-electron chi connectivity index (χ2n) is 5.65. The van der Waals surface area contributed by atoms with E-state index in [1.807, 2.05) is 37.3 Å². The molecule has 0 bridgehead atoms. The summed E-state index contributed by atoms with van der Waals surface area (Å²) in [4.78, 5) is 25.6. The van der Waals surface area contributed by atoms with E-state index in [2.05, 4.69) is 0 Å². The minimum atomic E-state index is -0.409. The minimum Gasteiger partial charge on any atom is -0.462 e. The molecule has 0 atom stereocenters. The molecule has 0 fully saturated rings. The molecule has 0 N–H and O–H groups in total. The number of esters is 1.